The molecule has 0 unspecified atom stereocenters. The number of aliphatic hydroxyl groups excluding tert-OH is 1. The largest absolute Gasteiger partial charge is 0.445 e. The van der Waals surface area contributed by atoms with Crippen LogP contribution in [0.4, 0.5) is 9.59 Å². The van der Waals surface area contributed by atoms with Crippen molar-refractivity contribution in [2.45, 2.75) is 65.1 Å². The number of nitrogens with one attached hydrogen (secondary N) is 2. The molecule has 0 aromatic heterocycles. The summed E-state index contributed by atoms with van der Waals surface area (Å²) in [6, 6.07) is 17.3. The second-order valence-electron chi connectivity index (χ2n) is 11.5. The zero-order valence-corrected chi connectivity index (χ0v) is 32.1. The molecule has 0 saturated heterocycles. The van der Waals surface area contributed by atoms with E-state index < -0.39 is 54.1 Å². The van der Waals surface area contributed by atoms with Crippen molar-refractivity contribution in [2.75, 3.05) is 43.5 Å². The van der Waals surface area contributed by atoms with Crippen LogP contribution in [0.2, 0.25) is 0 Å². The average molecular weight is 771 g/mol. The Kier molecular flexibility index (Phi) is 25.0. The number of nitrogens with two attached hydrogens (primary N) is 2. The van der Waals surface area contributed by atoms with Gasteiger partial charge in [-0.3, -0.25) is 4.18 Å². The fraction of sp³-hybridized carbons (Fsp3) is 0.548. The molecule has 7 N–H and O–H groups in total. The first-order valence-corrected chi connectivity index (χ1v) is 21.1. The first kappa shape index (κ1) is 48.8. The van der Waals surface area contributed by atoms with E-state index in [1.54, 1.807) is 27.7 Å². The van der Waals surface area contributed by atoms with Crippen LogP contribution in [0, 0.1) is 0 Å². The van der Waals surface area contributed by atoms with Gasteiger partial charge in [-0.1, -0.05) is 60.7 Å². The van der Waals surface area contributed by atoms with Gasteiger partial charge in [-0.2, -0.15) is 8.42 Å². The van der Waals surface area contributed by atoms with E-state index in [0.29, 0.717) is 0 Å². The third-order valence-corrected chi connectivity index (χ3v) is 7.89. The summed E-state index contributed by atoms with van der Waals surface area (Å²) >= 11 is 0. The molecule has 16 nitrogen and oxygen atoms in total. The van der Waals surface area contributed by atoms with Gasteiger partial charge in [0, 0.05) is 30.6 Å². The van der Waals surface area contributed by atoms with E-state index in [0.717, 1.165) is 23.6 Å². The highest BCUT2D eigenvalue weighted by molar-refractivity contribution is 7.91. The van der Waals surface area contributed by atoms with E-state index >= 15 is 0 Å². The lowest BCUT2D eigenvalue weighted by atomic mass is 10.2. The quantitative estimate of drug-likeness (QED) is 0.170. The molecule has 2 rings (SSSR count). The van der Waals surface area contributed by atoms with Gasteiger partial charge in [-0.25, -0.2) is 26.4 Å². The van der Waals surface area contributed by atoms with Crippen LogP contribution in [0.15, 0.2) is 60.7 Å². The summed E-state index contributed by atoms with van der Waals surface area (Å²) in [6.07, 6.45) is 2.02. The van der Waals surface area contributed by atoms with Crippen molar-refractivity contribution in [1.82, 2.24) is 10.6 Å². The van der Waals surface area contributed by atoms with Crippen LogP contribution in [0.25, 0.3) is 0 Å². The number of sulfone groups is 2. The minimum Gasteiger partial charge on any atom is -0.445 e. The monoisotopic (exact) mass is 770 g/mol. The highest BCUT2D eigenvalue weighted by Crippen LogP contribution is 2.02. The number of carbonyl (C=O) groups is 2. The standard InChI is InChI=1S/C12H17NO5S.C12H17NO4S.C4H11NO2S.C3H9NO/c1-10(8-18-19(2,15)16)13-12(14)17-9-11-6-4-3-5-7-11;1-10(9-18(2,15)16)13-12(14)17-8-11-6-4-3-5-7-11;1-4(5)3-8(2,6)7;1-3(4)2-5/h3-7,10H,8-9H2,1-2H3,(H,13,14);3-7,10H,8-9H2,1-2H3,(H,13,14);4H,3,5H2,1-2H3;3,5H,2,4H2,1H3/t2*10-;4-;3-/m1111/s1. The van der Waals surface area contributed by atoms with Gasteiger partial charge < -0.3 is 36.7 Å². The van der Waals surface area contributed by atoms with Crippen LogP contribution in [-0.2, 0) is 56.7 Å². The van der Waals surface area contributed by atoms with Crippen LogP contribution in [0.5, 0.6) is 0 Å². The van der Waals surface area contributed by atoms with Gasteiger partial charge in [0.05, 0.1) is 37.0 Å². The number of aliphatic hydroxyl groups is 1. The number of alkyl carbamates (subject to hydrolysis) is 2. The van der Waals surface area contributed by atoms with Gasteiger partial charge in [0.15, 0.2) is 0 Å². The molecule has 0 spiro atoms. The highest BCUT2D eigenvalue weighted by Gasteiger charge is 2.14. The van der Waals surface area contributed by atoms with Crippen LogP contribution in [0.1, 0.15) is 38.8 Å². The van der Waals surface area contributed by atoms with Gasteiger partial charge in [-0.05, 0) is 38.8 Å². The van der Waals surface area contributed by atoms with Gasteiger partial charge in [0.2, 0.25) is 0 Å². The van der Waals surface area contributed by atoms with Gasteiger partial charge >= 0.3 is 12.2 Å². The summed E-state index contributed by atoms with van der Waals surface area (Å²) in [7, 11) is -9.46. The molecule has 2 aromatic carbocycles. The number of rotatable bonds is 14. The Hall–Kier alpha value is -3.33. The Labute approximate surface area is 297 Å². The van der Waals surface area contributed by atoms with Crippen LogP contribution in [0.3, 0.4) is 0 Å². The molecular weight excluding hydrogens is 717 g/mol. The maximum absolute atomic E-state index is 11.4. The number of hydrogen-bond acceptors (Lipinski definition) is 14. The van der Waals surface area contributed by atoms with Gasteiger partial charge in [-0.15, -0.1) is 0 Å². The van der Waals surface area contributed by atoms with Crippen LogP contribution >= 0.6 is 0 Å². The van der Waals surface area contributed by atoms with E-state index in [-0.39, 0.29) is 50.0 Å². The molecule has 2 aromatic rings. The third kappa shape index (κ3) is 36.0. The number of carbonyl (C=O) groups excluding carboxylic acids is 2. The van der Waals surface area contributed by atoms with Crippen LogP contribution in [-0.4, -0.2) is 110 Å². The summed E-state index contributed by atoms with van der Waals surface area (Å²) in [6.45, 7) is 6.94. The lowest BCUT2D eigenvalue weighted by Crippen LogP contribution is -2.37. The normalized spacial score (nSPS) is 13.5. The molecule has 2 amide bonds. The number of hydrogen-bond donors (Lipinski definition) is 5. The summed E-state index contributed by atoms with van der Waals surface area (Å²) in [5.74, 6) is -0.0273. The second kappa shape index (κ2) is 25.6. The van der Waals surface area contributed by atoms with Gasteiger partial charge in [0.1, 0.15) is 32.9 Å². The molecule has 0 aliphatic rings. The van der Waals surface area contributed by atoms with E-state index in [1.165, 1.54) is 6.26 Å². The lowest BCUT2D eigenvalue weighted by Gasteiger charge is -2.13. The first-order chi connectivity index (χ1) is 22.9. The Morgan fingerprint density at radius 3 is 1.30 bits per heavy atom. The molecule has 0 aliphatic carbocycles. The minimum absolute atomic E-state index is 0.0602. The molecule has 0 radical (unpaired) electrons. The number of benzene rings is 2. The summed E-state index contributed by atoms with van der Waals surface area (Å²) in [4.78, 5) is 22.8. The summed E-state index contributed by atoms with van der Waals surface area (Å²) in [5, 5.41) is 13.0. The second-order valence-corrected chi connectivity index (χ2v) is 17.5. The van der Waals surface area contributed by atoms with E-state index in [4.69, 9.17) is 26.0 Å². The van der Waals surface area contributed by atoms with Crippen molar-refractivity contribution in [1.29, 1.82) is 0 Å². The van der Waals surface area contributed by atoms with Crippen molar-refractivity contribution in [2.24, 2.45) is 11.5 Å². The predicted octanol–water partition coefficient (Wildman–Crippen LogP) is 1.33. The predicted molar refractivity (Wildman–Crippen MR) is 193 cm³/mol. The zero-order valence-electron chi connectivity index (χ0n) is 29.6. The topological polar surface area (TPSA) is 261 Å². The third-order valence-electron chi connectivity index (χ3n) is 5.09. The minimum atomic E-state index is -3.50. The Bertz CT molecular complexity index is 1540. The average Bonchev–Trinajstić information content (AvgIpc) is 2.97. The van der Waals surface area contributed by atoms with Crippen molar-refractivity contribution in [3.8, 4) is 0 Å². The summed E-state index contributed by atoms with van der Waals surface area (Å²) < 4.78 is 78.8. The lowest BCUT2D eigenvalue weighted by molar-refractivity contribution is 0.132. The Balaban J connectivity index is 0. The molecule has 19 heteroatoms. The first-order valence-electron chi connectivity index (χ1n) is 15.2. The zero-order chi connectivity index (χ0) is 39.0. The molecule has 0 heterocycles. The smallest absolute Gasteiger partial charge is 0.407 e. The Morgan fingerprint density at radius 2 is 1.02 bits per heavy atom. The SMILES string of the molecule is C[C@@H](N)CO.C[C@@H](N)CS(C)(=O)=O.C[C@H](COS(C)(=O)=O)NC(=O)OCc1ccccc1.C[C@H](CS(C)(=O)=O)NC(=O)OCc1ccccc1. The number of ether oxygens (including phenoxy) is 2. The van der Waals surface area contributed by atoms with Crippen molar-refractivity contribution >= 4 is 42.0 Å². The molecule has 0 fully saturated rings. The maximum Gasteiger partial charge on any atom is 0.407 e. The Morgan fingerprint density at radius 1 is 0.660 bits per heavy atom. The molecule has 288 valence electrons. The molecule has 0 bridgehead atoms. The van der Waals surface area contributed by atoms with Crippen LogP contribution < -0.4 is 22.1 Å². The van der Waals surface area contributed by atoms with Gasteiger partial charge in [0.25, 0.3) is 10.1 Å². The fourth-order valence-electron chi connectivity index (χ4n) is 3.17. The molecule has 4 atom stereocenters. The van der Waals surface area contributed by atoms with Crippen molar-refractivity contribution in [3.05, 3.63) is 71.8 Å². The van der Waals surface area contributed by atoms with E-state index in [2.05, 4.69) is 14.8 Å². The van der Waals surface area contributed by atoms with E-state index in [9.17, 15) is 34.8 Å². The van der Waals surface area contributed by atoms with Crippen molar-refractivity contribution in [3.63, 3.8) is 0 Å². The number of amides is 2. The molecule has 0 aliphatic heterocycles. The molecule has 50 heavy (non-hydrogen) atoms. The molecule has 0 saturated carbocycles. The van der Waals surface area contributed by atoms with E-state index in [1.807, 2.05) is 60.7 Å². The maximum atomic E-state index is 11.4. The summed E-state index contributed by atoms with van der Waals surface area (Å²) in [5.41, 5.74) is 12.0. The highest BCUT2D eigenvalue weighted by atomic mass is 32.2. The van der Waals surface area contributed by atoms with Crippen molar-refractivity contribution < 1.29 is 53.6 Å². The molecular formula is C31H54N4O12S3. The fourth-order valence-corrected chi connectivity index (χ4v) is 5.57.